The first-order valence-corrected chi connectivity index (χ1v) is 4.59. The molecule has 1 aromatic carbocycles. The van der Waals surface area contributed by atoms with Crippen molar-refractivity contribution in [2.24, 2.45) is 5.73 Å². The topological polar surface area (TPSA) is 26.0 Å². The van der Waals surface area contributed by atoms with Crippen LogP contribution in [0.4, 0.5) is 0 Å². The molecule has 14 heavy (non-hydrogen) atoms. The fourth-order valence-corrected chi connectivity index (χ4v) is 1.07. The van der Waals surface area contributed by atoms with Crippen LogP contribution >= 0.6 is 0 Å². The number of rotatable bonds is 3. The van der Waals surface area contributed by atoms with Crippen LogP contribution < -0.4 is 5.73 Å². The molecule has 0 aliphatic heterocycles. The zero-order valence-electron chi connectivity index (χ0n) is 8.40. The number of benzene rings is 1. The lowest BCUT2D eigenvalue weighted by Crippen LogP contribution is -2.05. The molecule has 0 heterocycles. The van der Waals surface area contributed by atoms with Gasteiger partial charge in [-0.05, 0) is 24.6 Å². The lowest BCUT2D eigenvalue weighted by molar-refractivity contribution is 0.913. The summed E-state index contributed by atoms with van der Waals surface area (Å²) in [5.74, 6) is 0. The molecular formula is C13H15N. The van der Waals surface area contributed by atoms with Gasteiger partial charge in [0.15, 0.2) is 0 Å². The van der Waals surface area contributed by atoms with Crippen LogP contribution in [0.1, 0.15) is 18.5 Å². The molecular weight excluding hydrogens is 170 g/mol. The molecule has 1 atom stereocenters. The molecule has 72 valence electrons. The summed E-state index contributed by atoms with van der Waals surface area (Å²) >= 11 is 0. The Kier molecular flexibility index (Phi) is 3.93. The smallest absolute Gasteiger partial charge is 0.0556 e. The van der Waals surface area contributed by atoms with Crippen molar-refractivity contribution in [2.45, 2.75) is 13.0 Å². The van der Waals surface area contributed by atoms with Gasteiger partial charge < -0.3 is 5.73 Å². The van der Waals surface area contributed by atoms with E-state index < -0.39 is 0 Å². The van der Waals surface area contributed by atoms with Crippen molar-refractivity contribution in [2.75, 3.05) is 0 Å². The number of hydrogen-bond donors (Lipinski definition) is 1. The van der Waals surface area contributed by atoms with Crippen LogP contribution in [0, 0.1) is 0 Å². The molecule has 0 spiro atoms. The normalized spacial score (nSPS) is 11.3. The second kappa shape index (κ2) is 5.23. The predicted molar refractivity (Wildman–Crippen MR) is 60.8 cm³/mol. The van der Waals surface area contributed by atoms with Crippen LogP contribution in [0.5, 0.6) is 0 Å². The molecule has 0 unspecified atom stereocenters. The second-order valence-electron chi connectivity index (χ2n) is 3.26. The van der Waals surface area contributed by atoms with Gasteiger partial charge in [0.25, 0.3) is 0 Å². The van der Waals surface area contributed by atoms with E-state index in [4.69, 9.17) is 5.73 Å². The van der Waals surface area contributed by atoms with Crippen LogP contribution in [0.25, 0.3) is 0 Å². The molecule has 0 radical (unpaired) electrons. The van der Waals surface area contributed by atoms with Crippen molar-refractivity contribution in [1.82, 2.24) is 0 Å². The molecule has 0 aliphatic carbocycles. The minimum Gasteiger partial charge on any atom is -0.320 e. The van der Waals surface area contributed by atoms with Crippen molar-refractivity contribution in [3.05, 3.63) is 65.9 Å². The van der Waals surface area contributed by atoms with Crippen molar-refractivity contribution in [3.8, 4) is 0 Å². The summed E-state index contributed by atoms with van der Waals surface area (Å²) in [7, 11) is 0. The highest BCUT2D eigenvalue weighted by Gasteiger charge is 1.97. The molecule has 1 rings (SSSR count). The first-order valence-electron chi connectivity index (χ1n) is 4.59. The Bertz CT molecular complexity index is 356. The number of allylic oxidation sites excluding steroid dienone is 1. The molecule has 0 aliphatic rings. The van der Waals surface area contributed by atoms with Gasteiger partial charge in [-0.1, -0.05) is 42.5 Å². The van der Waals surface area contributed by atoms with Crippen LogP contribution in [0.3, 0.4) is 0 Å². The third-order valence-electron chi connectivity index (χ3n) is 1.79. The van der Waals surface area contributed by atoms with Crippen molar-refractivity contribution in [1.29, 1.82) is 0 Å². The highest BCUT2D eigenvalue weighted by atomic mass is 14.6. The van der Waals surface area contributed by atoms with Gasteiger partial charge >= 0.3 is 0 Å². The zero-order chi connectivity index (χ0) is 10.4. The molecule has 0 aromatic heterocycles. The molecule has 1 aromatic rings. The average molecular weight is 185 g/mol. The molecule has 0 fully saturated rings. The lowest BCUT2D eigenvalue weighted by atomic mass is 10.1. The van der Waals surface area contributed by atoms with Gasteiger partial charge in [-0.3, -0.25) is 0 Å². The third kappa shape index (κ3) is 3.44. The van der Waals surface area contributed by atoms with Gasteiger partial charge in [-0.15, -0.1) is 5.73 Å². The maximum absolute atomic E-state index is 5.91. The van der Waals surface area contributed by atoms with Crippen molar-refractivity contribution in [3.63, 3.8) is 0 Å². The van der Waals surface area contributed by atoms with Gasteiger partial charge in [0.1, 0.15) is 0 Å². The lowest BCUT2D eigenvalue weighted by Gasteiger charge is -2.03. The Morgan fingerprint density at radius 2 is 2.07 bits per heavy atom. The summed E-state index contributed by atoms with van der Waals surface area (Å²) in [6.07, 6.45) is 3.66. The molecule has 2 N–H and O–H groups in total. The highest BCUT2D eigenvalue weighted by molar-refractivity contribution is 5.23. The quantitative estimate of drug-likeness (QED) is 0.568. The molecule has 0 saturated carbocycles. The summed E-state index contributed by atoms with van der Waals surface area (Å²) in [5.41, 5.74) is 11.0. The maximum Gasteiger partial charge on any atom is 0.0556 e. The number of hydrogen-bond acceptors (Lipinski definition) is 1. The molecule has 1 nitrogen and oxygen atoms in total. The van der Waals surface area contributed by atoms with E-state index in [1.165, 1.54) is 0 Å². The summed E-state index contributed by atoms with van der Waals surface area (Å²) < 4.78 is 0. The van der Waals surface area contributed by atoms with E-state index in [0.29, 0.717) is 0 Å². The predicted octanol–water partition coefficient (Wildman–Crippen LogP) is 2.97. The van der Waals surface area contributed by atoms with Crippen LogP contribution in [0.15, 0.2) is 60.4 Å². The summed E-state index contributed by atoms with van der Waals surface area (Å²) in [6, 6.07) is 9.85. The van der Waals surface area contributed by atoms with Gasteiger partial charge in [0.05, 0.1) is 6.04 Å². The summed E-state index contributed by atoms with van der Waals surface area (Å²) in [6.45, 7) is 5.67. The largest absolute Gasteiger partial charge is 0.320 e. The Morgan fingerprint density at radius 1 is 1.43 bits per heavy atom. The number of nitrogens with two attached hydrogens (primary N) is 1. The van der Waals surface area contributed by atoms with Crippen molar-refractivity contribution < 1.29 is 0 Å². The monoisotopic (exact) mass is 185 g/mol. The minimum atomic E-state index is -0.0909. The van der Waals surface area contributed by atoms with E-state index >= 15 is 0 Å². The fraction of sp³-hybridized carbons (Fsp3) is 0.154. The van der Waals surface area contributed by atoms with E-state index in [-0.39, 0.29) is 6.04 Å². The third-order valence-corrected chi connectivity index (χ3v) is 1.79. The average Bonchev–Trinajstić information content (AvgIpc) is 2.18. The second-order valence-corrected chi connectivity index (χ2v) is 3.26. The van der Waals surface area contributed by atoms with E-state index in [1.807, 2.05) is 49.4 Å². The zero-order valence-corrected chi connectivity index (χ0v) is 8.40. The van der Waals surface area contributed by atoms with E-state index in [1.54, 1.807) is 0 Å². The Balaban J connectivity index is 2.73. The Labute approximate surface area is 85.3 Å². The van der Waals surface area contributed by atoms with E-state index in [2.05, 4.69) is 12.3 Å². The first kappa shape index (κ1) is 10.5. The Hall–Kier alpha value is -1.56. The van der Waals surface area contributed by atoms with Crippen LogP contribution in [-0.2, 0) is 0 Å². The standard InChI is InChI=1S/C13H15N/c1-11(2)7-6-10-13(14)12-8-4-3-5-9-12/h3-5,7-10,13H,1,14H2,2H3/t6?,13-/m1/s1. The summed E-state index contributed by atoms with van der Waals surface area (Å²) in [5, 5.41) is 0. The van der Waals surface area contributed by atoms with Crippen molar-refractivity contribution >= 4 is 0 Å². The first-order chi connectivity index (χ1) is 6.70. The molecule has 0 saturated heterocycles. The summed E-state index contributed by atoms with van der Waals surface area (Å²) in [4.78, 5) is 0. The molecule has 0 amide bonds. The van der Waals surface area contributed by atoms with Gasteiger partial charge in [0, 0.05) is 0 Å². The Morgan fingerprint density at radius 3 is 2.64 bits per heavy atom. The van der Waals surface area contributed by atoms with Gasteiger partial charge in [0.2, 0.25) is 0 Å². The molecule has 0 bridgehead atoms. The fourth-order valence-electron chi connectivity index (χ4n) is 1.07. The molecule has 1 heteroatoms. The van der Waals surface area contributed by atoms with E-state index in [0.717, 1.165) is 11.1 Å². The van der Waals surface area contributed by atoms with E-state index in [9.17, 15) is 0 Å². The highest BCUT2D eigenvalue weighted by Crippen LogP contribution is 2.09. The maximum atomic E-state index is 5.91. The van der Waals surface area contributed by atoms with Crippen LogP contribution in [0.2, 0.25) is 0 Å². The minimum absolute atomic E-state index is 0.0909. The SMILES string of the molecule is C=C(C)C=C=C[C@@H](N)c1ccccc1. The van der Waals surface area contributed by atoms with Gasteiger partial charge in [-0.2, -0.15) is 0 Å². The van der Waals surface area contributed by atoms with Crippen LogP contribution in [-0.4, -0.2) is 0 Å². The van der Waals surface area contributed by atoms with Gasteiger partial charge in [-0.25, -0.2) is 0 Å².